The van der Waals surface area contributed by atoms with E-state index in [1.165, 1.54) is 13.0 Å². The SMILES string of the molecule is CC.Cc1c(CNc2nc3nncn3c3ccc(N4CCNCC4)cc23)cccc1C(F)(F)F. The first-order chi connectivity index (χ1) is 16.4. The highest BCUT2D eigenvalue weighted by atomic mass is 19.4. The summed E-state index contributed by atoms with van der Waals surface area (Å²) in [7, 11) is 0. The molecule has 1 saturated heterocycles. The molecule has 7 nitrogen and oxygen atoms in total. The van der Waals surface area contributed by atoms with Crippen LogP contribution in [-0.4, -0.2) is 45.8 Å². The lowest BCUT2D eigenvalue weighted by Gasteiger charge is -2.29. The first-order valence-corrected chi connectivity index (χ1v) is 11.4. The smallest absolute Gasteiger partial charge is 0.369 e. The van der Waals surface area contributed by atoms with E-state index in [0.717, 1.165) is 48.8 Å². The Balaban J connectivity index is 0.00000133. The van der Waals surface area contributed by atoms with Crippen LogP contribution in [0.4, 0.5) is 24.7 Å². The Labute approximate surface area is 196 Å². The van der Waals surface area contributed by atoms with Gasteiger partial charge >= 0.3 is 6.18 Å². The Morgan fingerprint density at radius 2 is 1.85 bits per heavy atom. The quantitative estimate of drug-likeness (QED) is 0.452. The molecule has 1 aliphatic heterocycles. The molecule has 34 heavy (non-hydrogen) atoms. The van der Waals surface area contributed by atoms with Gasteiger partial charge in [0, 0.05) is 43.8 Å². The number of halogens is 3. The fourth-order valence-corrected chi connectivity index (χ4v) is 4.17. The van der Waals surface area contributed by atoms with E-state index in [-0.39, 0.29) is 12.1 Å². The van der Waals surface area contributed by atoms with E-state index in [1.807, 2.05) is 19.9 Å². The number of anilines is 2. The molecular weight excluding hydrogens is 443 g/mol. The van der Waals surface area contributed by atoms with E-state index in [4.69, 9.17) is 0 Å². The van der Waals surface area contributed by atoms with Gasteiger partial charge in [0.25, 0.3) is 5.78 Å². The number of nitrogens with one attached hydrogen (secondary N) is 2. The monoisotopic (exact) mass is 471 g/mol. The summed E-state index contributed by atoms with van der Waals surface area (Å²) in [5.41, 5.74) is 2.11. The highest BCUT2D eigenvalue weighted by Crippen LogP contribution is 2.33. The standard InChI is InChI=1S/C22H22F3N7.C2H6/c1-14-15(3-2-4-18(14)22(23,24)25)12-27-20-17-11-16(31-9-7-26-8-10-31)5-6-19(17)32-13-28-30-21(32)29-20;1-2/h2-6,11,13,26H,7-10,12H2,1H3,(H,27,29,30);1-2H3. The zero-order chi connectivity index (χ0) is 24.3. The molecule has 2 N–H and O–H groups in total. The average molecular weight is 472 g/mol. The van der Waals surface area contributed by atoms with Crippen LogP contribution >= 0.6 is 0 Å². The van der Waals surface area contributed by atoms with Crippen LogP contribution in [-0.2, 0) is 12.7 Å². The molecule has 10 heteroatoms. The number of nitrogens with zero attached hydrogens (tertiary/aromatic N) is 5. The molecular formula is C24H28F3N7. The topological polar surface area (TPSA) is 70.4 Å². The molecule has 0 aliphatic carbocycles. The summed E-state index contributed by atoms with van der Waals surface area (Å²) in [6.45, 7) is 9.34. The Morgan fingerprint density at radius 3 is 2.59 bits per heavy atom. The number of piperazine rings is 1. The molecule has 2 aromatic heterocycles. The van der Waals surface area contributed by atoms with Gasteiger partial charge in [-0.1, -0.05) is 26.0 Å². The number of rotatable bonds is 4. The van der Waals surface area contributed by atoms with E-state index in [1.54, 1.807) is 16.8 Å². The normalized spacial score (nSPS) is 14.2. The van der Waals surface area contributed by atoms with Crippen LogP contribution in [0.3, 0.4) is 0 Å². The van der Waals surface area contributed by atoms with Crippen molar-refractivity contribution in [3.05, 3.63) is 59.4 Å². The zero-order valence-electron chi connectivity index (χ0n) is 19.4. The molecule has 4 aromatic rings. The Morgan fingerprint density at radius 1 is 1.09 bits per heavy atom. The minimum atomic E-state index is -4.39. The molecule has 0 spiro atoms. The summed E-state index contributed by atoms with van der Waals surface area (Å²) in [6, 6.07) is 10.4. The number of hydrogen-bond acceptors (Lipinski definition) is 6. The molecule has 0 bridgehead atoms. The second kappa shape index (κ2) is 9.84. The molecule has 180 valence electrons. The summed E-state index contributed by atoms with van der Waals surface area (Å²) >= 11 is 0. The molecule has 0 unspecified atom stereocenters. The molecule has 1 aliphatic rings. The van der Waals surface area contributed by atoms with Crippen molar-refractivity contribution in [3.63, 3.8) is 0 Å². The zero-order valence-corrected chi connectivity index (χ0v) is 19.4. The minimum absolute atomic E-state index is 0.208. The van der Waals surface area contributed by atoms with Crippen molar-refractivity contribution in [2.45, 2.75) is 33.5 Å². The van der Waals surface area contributed by atoms with Crippen molar-refractivity contribution < 1.29 is 13.2 Å². The molecule has 3 heterocycles. The number of benzene rings is 2. The molecule has 0 radical (unpaired) electrons. The molecule has 0 atom stereocenters. The number of fused-ring (bicyclic) bond motifs is 3. The highest BCUT2D eigenvalue weighted by molar-refractivity contribution is 5.93. The molecule has 1 fully saturated rings. The van der Waals surface area contributed by atoms with Crippen LogP contribution in [0.15, 0.2) is 42.7 Å². The van der Waals surface area contributed by atoms with Crippen LogP contribution in [0.1, 0.15) is 30.5 Å². The van der Waals surface area contributed by atoms with Crippen molar-refractivity contribution in [2.75, 3.05) is 36.4 Å². The highest BCUT2D eigenvalue weighted by Gasteiger charge is 2.32. The van der Waals surface area contributed by atoms with E-state index < -0.39 is 11.7 Å². The maximum Gasteiger partial charge on any atom is 0.416 e. The van der Waals surface area contributed by atoms with Gasteiger partial charge in [0.1, 0.15) is 12.1 Å². The number of aromatic nitrogens is 4. The van der Waals surface area contributed by atoms with Crippen molar-refractivity contribution in [1.29, 1.82) is 0 Å². The average Bonchev–Trinajstić information content (AvgIpc) is 3.33. The van der Waals surface area contributed by atoms with Crippen molar-refractivity contribution in [2.24, 2.45) is 0 Å². The first kappa shape index (κ1) is 23.7. The molecule has 0 saturated carbocycles. The molecule has 0 amide bonds. The first-order valence-electron chi connectivity index (χ1n) is 11.4. The van der Waals surface area contributed by atoms with Gasteiger partial charge in [-0.2, -0.15) is 18.2 Å². The summed E-state index contributed by atoms with van der Waals surface area (Å²) in [6.07, 6.45) is -2.78. The van der Waals surface area contributed by atoms with Gasteiger partial charge in [-0.3, -0.25) is 4.40 Å². The van der Waals surface area contributed by atoms with Crippen molar-refractivity contribution in [3.8, 4) is 0 Å². The second-order valence-corrected chi connectivity index (χ2v) is 7.84. The third kappa shape index (κ3) is 4.63. The van der Waals surface area contributed by atoms with Crippen LogP contribution in [0.2, 0.25) is 0 Å². The van der Waals surface area contributed by atoms with Gasteiger partial charge in [-0.25, -0.2) is 0 Å². The van der Waals surface area contributed by atoms with E-state index in [0.29, 0.717) is 17.2 Å². The summed E-state index contributed by atoms with van der Waals surface area (Å²) in [4.78, 5) is 6.89. The van der Waals surface area contributed by atoms with Gasteiger partial charge in [-0.15, -0.1) is 10.2 Å². The van der Waals surface area contributed by atoms with Crippen LogP contribution in [0.25, 0.3) is 16.7 Å². The van der Waals surface area contributed by atoms with Gasteiger partial charge < -0.3 is 15.5 Å². The number of hydrogen-bond donors (Lipinski definition) is 2. The summed E-state index contributed by atoms with van der Waals surface area (Å²) < 4.78 is 41.7. The van der Waals surface area contributed by atoms with Crippen LogP contribution in [0, 0.1) is 6.92 Å². The Hall–Kier alpha value is -3.40. The number of alkyl halides is 3. The van der Waals surface area contributed by atoms with Gasteiger partial charge in [0.2, 0.25) is 0 Å². The Kier molecular flexibility index (Phi) is 6.87. The maximum atomic E-state index is 13.3. The van der Waals surface area contributed by atoms with Gasteiger partial charge in [0.15, 0.2) is 0 Å². The van der Waals surface area contributed by atoms with E-state index in [9.17, 15) is 13.2 Å². The van der Waals surface area contributed by atoms with E-state index >= 15 is 0 Å². The summed E-state index contributed by atoms with van der Waals surface area (Å²) in [5.74, 6) is 0.991. The fraction of sp³-hybridized carbons (Fsp3) is 0.375. The van der Waals surface area contributed by atoms with Crippen molar-refractivity contribution in [1.82, 2.24) is 24.9 Å². The molecule has 5 rings (SSSR count). The lowest BCUT2D eigenvalue weighted by Crippen LogP contribution is -2.43. The van der Waals surface area contributed by atoms with Crippen LogP contribution < -0.4 is 15.5 Å². The predicted octanol–water partition coefficient (Wildman–Crippen LogP) is 4.65. The second-order valence-electron chi connectivity index (χ2n) is 7.84. The summed E-state index contributed by atoms with van der Waals surface area (Å²) in [5, 5.41) is 15.5. The van der Waals surface area contributed by atoms with E-state index in [2.05, 4.69) is 42.8 Å². The third-order valence-electron chi connectivity index (χ3n) is 5.92. The lowest BCUT2D eigenvalue weighted by atomic mass is 10.0. The van der Waals surface area contributed by atoms with Crippen LogP contribution in [0.5, 0.6) is 0 Å². The largest absolute Gasteiger partial charge is 0.416 e. The lowest BCUT2D eigenvalue weighted by molar-refractivity contribution is -0.138. The van der Waals surface area contributed by atoms with Gasteiger partial charge in [-0.05, 0) is 42.3 Å². The minimum Gasteiger partial charge on any atom is -0.369 e. The molecule has 2 aromatic carbocycles. The Bertz CT molecular complexity index is 1280. The van der Waals surface area contributed by atoms with Gasteiger partial charge in [0.05, 0.1) is 11.1 Å². The maximum absolute atomic E-state index is 13.3. The van der Waals surface area contributed by atoms with Crippen molar-refractivity contribution >= 4 is 28.2 Å². The predicted molar refractivity (Wildman–Crippen MR) is 128 cm³/mol. The third-order valence-corrected chi connectivity index (χ3v) is 5.92. The fourth-order valence-electron chi connectivity index (χ4n) is 4.17.